The number of imidazole rings is 1. The molecule has 0 saturated carbocycles. The number of benzene rings is 1. The fraction of sp³-hybridized carbons (Fsp3) is 0.500. The van der Waals surface area contributed by atoms with Crippen molar-refractivity contribution < 1.29 is 4.92 Å². The molecule has 0 spiro atoms. The summed E-state index contributed by atoms with van der Waals surface area (Å²) in [5, 5.41) is 18.2. The topological polar surface area (TPSA) is 85.0 Å². The van der Waals surface area contributed by atoms with Crippen LogP contribution in [0.5, 0.6) is 0 Å². The van der Waals surface area contributed by atoms with E-state index in [0.717, 1.165) is 25.0 Å². The maximum Gasteiger partial charge on any atom is 0.312 e. The monoisotopic (exact) mass is 445 g/mol. The van der Waals surface area contributed by atoms with Crippen LogP contribution in [0.4, 0.5) is 11.6 Å². The molecule has 1 aromatic heterocycles. The molecule has 1 aliphatic rings. The summed E-state index contributed by atoms with van der Waals surface area (Å²) in [5.74, 6) is 0.671. The number of nitro groups is 1. The van der Waals surface area contributed by atoms with Crippen LogP contribution in [0.3, 0.4) is 0 Å². The zero-order chi connectivity index (χ0) is 16.6. The van der Waals surface area contributed by atoms with E-state index in [9.17, 15) is 10.1 Å². The van der Waals surface area contributed by atoms with Crippen molar-refractivity contribution in [1.29, 1.82) is 0 Å². The van der Waals surface area contributed by atoms with Gasteiger partial charge in [-0.2, -0.15) is 0 Å². The predicted molar refractivity (Wildman–Crippen MR) is 97.0 cm³/mol. The fourth-order valence-electron chi connectivity index (χ4n) is 2.95. The Hall–Kier alpha value is -1.19. The van der Waals surface area contributed by atoms with E-state index in [2.05, 4.69) is 47.5 Å². The van der Waals surface area contributed by atoms with E-state index in [-0.39, 0.29) is 5.69 Å². The molecule has 1 unspecified atom stereocenters. The zero-order valence-corrected chi connectivity index (χ0v) is 15.8. The molecule has 0 amide bonds. The molecule has 1 atom stereocenters. The van der Waals surface area contributed by atoms with E-state index in [1.807, 2.05) is 17.6 Å². The van der Waals surface area contributed by atoms with Crippen LogP contribution in [-0.4, -0.2) is 33.6 Å². The summed E-state index contributed by atoms with van der Waals surface area (Å²) in [5.41, 5.74) is 1.13. The highest BCUT2D eigenvalue weighted by Crippen LogP contribution is 2.39. The summed E-state index contributed by atoms with van der Waals surface area (Å²) < 4.78 is 3.03. The number of rotatable bonds is 5. The quantitative estimate of drug-likeness (QED) is 0.540. The van der Waals surface area contributed by atoms with Gasteiger partial charge in [0.15, 0.2) is 5.52 Å². The highest BCUT2D eigenvalue weighted by Gasteiger charge is 2.25. The first-order chi connectivity index (χ1) is 11.0. The van der Waals surface area contributed by atoms with Gasteiger partial charge in [-0.05, 0) is 64.2 Å². The Morgan fingerprint density at radius 1 is 1.57 bits per heavy atom. The SMILES string of the molecule is CCn1c(NCC2CCCN2)nc2c([N+](=O)[O-])c(Br)c(Br)cc21. The molecule has 3 rings (SSSR count). The number of hydrogen-bond acceptors (Lipinski definition) is 5. The summed E-state index contributed by atoms with van der Waals surface area (Å²) in [7, 11) is 0. The summed E-state index contributed by atoms with van der Waals surface area (Å²) >= 11 is 6.66. The van der Waals surface area contributed by atoms with Crippen LogP contribution < -0.4 is 10.6 Å². The van der Waals surface area contributed by atoms with Gasteiger partial charge in [-0.3, -0.25) is 10.1 Å². The van der Waals surface area contributed by atoms with E-state index in [0.29, 0.717) is 33.0 Å². The Labute approximate surface area is 150 Å². The lowest BCUT2D eigenvalue weighted by atomic mass is 10.2. The number of halogens is 2. The van der Waals surface area contributed by atoms with Gasteiger partial charge in [-0.15, -0.1) is 0 Å². The predicted octanol–water partition coefficient (Wildman–Crippen LogP) is 3.65. The summed E-state index contributed by atoms with van der Waals surface area (Å²) in [6.07, 6.45) is 2.32. The summed E-state index contributed by atoms with van der Waals surface area (Å²) in [6.45, 7) is 4.49. The molecule has 1 fully saturated rings. The fourth-order valence-corrected chi connectivity index (χ4v) is 3.81. The van der Waals surface area contributed by atoms with Crippen molar-refractivity contribution >= 4 is 54.5 Å². The molecule has 7 nitrogen and oxygen atoms in total. The summed E-state index contributed by atoms with van der Waals surface area (Å²) in [4.78, 5) is 15.5. The van der Waals surface area contributed by atoms with Crippen molar-refractivity contribution in [3.8, 4) is 0 Å². The second kappa shape index (κ2) is 6.74. The van der Waals surface area contributed by atoms with Crippen molar-refractivity contribution in [2.24, 2.45) is 0 Å². The lowest BCUT2D eigenvalue weighted by molar-refractivity contribution is -0.384. The van der Waals surface area contributed by atoms with E-state index in [4.69, 9.17) is 0 Å². The van der Waals surface area contributed by atoms with Gasteiger partial charge in [-0.25, -0.2) is 4.98 Å². The van der Waals surface area contributed by atoms with Crippen molar-refractivity contribution in [2.75, 3.05) is 18.4 Å². The van der Waals surface area contributed by atoms with Gasteiger partial charge in [0, 0.05) is 23.6 Å². The molecule has 2 N–H and O–H groups in total. The van der Waals surface area contributed by atoms with Crippen LogP contribution in [0.25, 0.3) is 11.0 Å². The van der Waals surface area contributed by atoms with Crippen molar-refractivity contribution in [3.63, 3.8) is 0 Å². The van der Waals surface area contributed by atoms with Crippen molar-refractivity contribution in [1.82, 2.24) is 14.9 Å². The van der Waals surface area contributed by atoms with Gasteiger partial charge in [0.05, 0.1) is 10.4 Å². The second-order valence-electron chi connectivity index (χ2n) is 5.50. The maximum atomic E-state index is 11.4. The molecule has 0 bridgehead atoms. The number of anilines is 1. The molecule has 2 heterocycles. The Morgan fingerprint density at radius 3 is 2.96 bits per heavy atom. The van der Waals surface area contributed by atoms with Crippen LogP contribution in [0.15, 0.2) is 15.0 Å². The molecular weight excluding hydrogens is 430 g/mol. The standard InChI is InChI=1S/C14H17Br2N5O2/c1-2-20-10-6-9(15)11(16)13(21(22)23)12(10)19-14(20)18-7-8-4-3-5-17-8/h6,8,17H,2-5,7H2,1H3,(H,18,19). The zero-order valence-electron chi connectivity index (χ0n) is 12.6. The minimum absolute atomic E-state index is 0.0105. The lowest BCUT2D eigenvalue weighted by Crippen LogP contribution is -2.30. The Morgan fingerprint density at radius 2 is 2.35 bits per heavy atom. The third-order valence-electron chi connectivity index (χ3n) is 4.08. The largest absolute Gasteiger partial charge is 0.354 e. The number of hydrogen-bond donors (Lipinski definition) is 2. The number of aryl methyl sites for hydroxylation is 1. The second-order valence-corrected chi connectivity index (χ2v) is 7.15. The first kappa shape index (κ1) is 16.7. The first-order valence-corrected chi connectivity index (χ1v) is 9.11. The van der Waals surface area contributed by atoms with Crippen LogP contribution >= 0.6 is 31.9 Å². The Kier molecular flexibility index (Phi) is 4.88. The average molecular weight is 447 g/mol. The molecule has 1 saturated heterocycles. The van der Waals surface area contributed by atoms with Crippen molar-refractivity contribution in [2.45, 2.75) is 32.4 Å². The minimum Gasteiger partial charge on any atom is -0.354 e. The normalized spacial score (nSPS) is 17.8. The Bertz CT molecular complexity index is 755. The Balaban J connectivity index is 2.04. The third-order valence-corrected chi connectivity index (χ3v) is 6.04. The van der Waals surface area contributed by atoms with Crippen LogP contribution in [0.1, 0.15) is 19.8 Å². The van der Waals surface area contributed by atoms with E-state index in [1.54, 1.807) is 0 Å². The molecule has 1 aliphatic heterocycles. The van der Waals surface area contributed by atoms with Crippen LogP contribution in [0, 0.1) is 10.1 Å². The summed E-state index contributed by atoms with van der Waals surface area (Å²) in [6, 6.07) is 2.29. The number of nitrogens with zero attached hydrogens (tertiary/aromatic N) is 3. The third kappa shape index (κ3) is 3.09. The molecule has 124 valence electrons. The van der Waals surface area contributed by atoms with Crippen molar-refractivity contribution in [3.05, 3.63) is 25.1 Å². The molecular formula is C14H17Br2N5O2. The lowest BCUT2D eigenvalue weighted by Gasteiger charge is -2.13. The average Bonchev–Trinajstić information content (AvgIpc) is 3.12. The number of nitro benzene ring substituents is 1. The van der Waals surface area contributed by atoms with Gasteiger partial charge >= 0.3 is 5.69 Å². The molecule has 0 aliphatic carbocycles. The van der Waals surface area contributed by atoms with E-state index in [1.165, 1.54) is 6.42 Å². The molecule has 0 radical (unpaired) electrons. The molecule has 9 heteroatoms. The molecule has 1 aromatic carbocycles. The smallest absolute Gasteiger partial charge is 0.312 e. The number of aromatic nitrogens is 2. The minimum atomic E-state index is -0.396. The highest BCUT2D eigenvalue weighted by atomic mass is 79.9. The number of nitrogens with one attached hydrogen (secondary N) is 2. The van der Waals surface area contributed by atoms with E-state index < -0.39 is 4.92 Å². The first-order valence-electron chi connectivity index (χ1n) is 7.52. The van der Waals surface area contributed by atoms with Gasteiger partial charge in [0.25, 0.3) is 0 Å². The van der Waals surface area contributed by atoms with E-state index >= 15 is 0 Å². The van der Waals surface area contributed by atoms with Gasteiger partial charge in [-0.1, -0.05) is 0 Å². The molecule has 23 heavy (non-hydrogen) atoms. The maximum absolute atomic E-state index is 11.4. The van der Waals surface area contributed by atoms with Crippen LogP contribution in [-0.2, 0) is 6.54 Å². The molecule has 2 aromatic rings. The van der Waals surface area contributed by atoms with Gasteiger partial charge in [0.1, 0.15) is 4.47 Å². The van der Waals surface area contributed by atoms with Gasteiger partial charge in [0.2, 0.25) is 5.95 Å². The van der Waals surface area contributed by atoms with Gasteiger partial charge < -0.3 is 15.2 Å². The number of fused-ring (bicyclic) bond motifs is 1. The highest BCUT2D eigenvalue weighted by molar-refractivity contribution is 9.13. The van der Waals surface area contributed by atoms with Crippen LogP contribution in [0.2, 0.25) is 0 Å².